The number of hydrogen-bond donors (Lipinski definition) is 0. The van der Waals surface area contributed by atoms with Gasteiger partial charge in [-0.05, 0) is 44.2 Å². The fourth-order valence-corrected chi connectivity index (χ4v) is 4.64. The third kappa shape index (κ3) is 4.32. The molecule has 0 unspecified atom stereocenters. The number of likely N-dealkylation sites (tertiary alicyclic amines) is 1. The van der Waals surface area contributed by atoms with E-state index in [4.69, 9.17) is 0 Å². The zero-order chi connectivity index (χ0) is 19.5. The molecule has 28 heavy (non-hydrogen) atoms. The van der Waals surface area contributed by atoms with Crippen LogP contribution in [0.1, 0.15) is 30.4 Å². The van der Waals surface area contributed by atoms with Crippen LogP contribution in [0.15, 0.2) is 18.2 Å². The molecule has 0 saturated carbocycles. The second kappa shape index (κ2) is 8.52. The molecule has 0 radical (unpaired) electrons. The highest BCUT2D eigenvalue weighted by Gasteiger charge is 2.27. The molecular weight excluding hydrogens is 352 g/mol. The highest BCUT2D eigenvalue weighted by atomic mass is 16.2. The second-order valence-electron chi connectivity index (χ2n) is 8.40. The van der Waals surface area contributed by atoms with E-state index < -0.39 is 0 Å². The van der Waals surface area contributed by atoms with Crippen molar-refractivity contribution in [2.24, 2.45) is 0 Å². The summed E-state index contributed by atoms with van der Waals surface area (Å²) in [5, 5.41) is 0. The van der Waals surface area contributed by atoms with Crippen LogP contribution in [0.3, 0.4) is 0 Å². The first-order valence-electron chi connectivity index (χ1n) is 10.7. The van der Waals surface area contributed by atoms with E-state index in [1.54, 1.807) is 0 Å². The number of benzene rings is 1. The molecule has 6 nitrogen and oxygen atoms in total. The van der Waals surface area contributed by atoms with E-state index in [0.29, 0.717) is 13.1 Å². The number of nitrogens with zero attached hydrogens (tertiary/aromatic N) is 4. The van der Waals surface area contributed by atoms with Crippen LogP contribution < -0.4 is 4.90 Å². The molecule has 0 spiro atoms. The Balaban J connectivity index is 1.27. The summed E-state index contributed by atoms with van der Waals surface area (Å²) in [5.74, 6) is 0.455. The van der Waals surface area contributed by atoms with Crippen molar-refractivity contribution >= 4 is 17.5 Å². The minimum absolute atomic E-state index is 0.207. The highest BCUT2D eigenvalue weighted by molar-refractivity contribution is 5.82. The van der Waals surface area contributed by atoms with Crippen molar-refractivity contribution in [3.05, 3.63) is 29.3 Å². The van der Waals surface area contributed by atoms with Gasteiger partial charge in [-0.15, -0.1) is 0 Å². The van der Waals surface area contributed by atoms with Crippen molar-refractivity contribution in [1.82, 2.24) is 14.7 Å². The summed E-state index contributed by atoms with van der Waals surface area (Å²) in [5.41, 5.74) is 3.87. The minimum Gasteiger partial charge on any atom is -0.362 e. The van der Waals surface area contributed by atoms with Crippen LogP contribution in [-0.4, -0.2) is 85.4 Å². The lowest BCUT2D eigenvalue weighted by Gasteiger charge is -2.37. The van der Waals surface area contributed by atoms with Gasteiger partial charge in [0.2, 0.25) is 11.8 Å². The lowest BCUT2D eigenvalue weighted by Crippen LogP contribution is -2.53. The Morgan fingerprint density at radius 1 is 0.821 bits per heavy atom. The third-order valence-electron chi connectivity index (χ3n) is 6.32. The monoisotopic (exact) mass is 384 g/mol. The first kappa shape index (κ1) is 19.2. The predicted molar refractivity (Wildman–Crippen MR) is 111 cm³/mol. The van der Waals surface area contributed by atoms with Crippen LogP contribution in [0.5, 0.6) is 0 Å². The Labute approximate surface area is 168 Å². The van der Waals surface area contributed by atoms with Gasteiger partial charge in [0.25, 0.3) is 0 Å². The molecule has 4 rings (SSSR count). The predicted octanol–water partition coefficient (Wildman–Crippen LogP) is 1.51. The number of hydrogen-bond acceptors (Lipinski definition) is 4. The third-order valence-corrected chi connectivity index (χ3v) is 6.32. The first-order valence-corrected chi connectivity index (χ1v) is 10.7. The summed E-state index contributed by atoms with van der Waals surface area (Å²) in [6.45, 7) is 8.89. The van der Waals surface area contributed by atoms with E-state index in [-0.39, 0.29) is 11.8 Å². The summed E-state index contributed by atoms with van der Waals surface area (Å²) in [7, 11) is 0. The van der Waals surface area contributed by atoms with Gasteiger partial charge in [-0.3, -0.25) is 14.5 Å². The van der Waals surface area contributed by atoms with E-state index in [9.17, 15) is 9.59 Å². The molecule has 0 bridgehead atoms. The van der Waals surface area contributed by atoms with Crippen molar-refractivity contribution in [1.29, 1.82) is 0 Å². The van der Waals surface area contributed by atoms with E-state index in [1.807, 2.05) is 9.80 Å². The maximum atomic E-state index is 12.9. The molecule has 2 amide bonds. The van der Waals surface area contributed by atoms with E-state index in [1.165, 1.54) is 16.8 Å². The number of rotatable bonds is 4. The van der Waals surface area contributed by atoms with Gasteiger partial charge in [0.15, 0.2) is 0 Å². The van der Waals surface area contributed by atoms with E-state index >= 15 is 0 Å². The molecule has 1 aromatic rings. The van der Waals surface area contributed by atoms with Gasteiger partial charge < -0.3 is 14.7 Å². The average Bonchev–Trinajstić information content (AvgIpc) is 3.23. The van der Waals surface area contributed by atoms with Crippen molar-refractivity contribution < 1.29 is 9.59 Å². The molecule has 0 aromatic heterocycles. The standard InChI is InChI=1S/C22H32N4O2/c1-18-6-7-20-19(15-18)5-4-10-26(20)17-22(28)25-13-11-23(12-14-25)16-21(27)24-8-2-3-9-24/h6-7,15H,2-5,8-14,16-17H2,1H3. The molecule has 3 heterocycles. The molecule has 3 aliphatic rings. The van der Waals surface area contributed by atoms with E-state index in [2.05, 4.69) is 34.9 Å². The summed E-state index contributed by atoms with van der Waals surface area (Å²) in [6.07, 6.45) is 4.47. The number of amides is 2. The molecule has 3 aliphatic heterocycles. The number of anilines is 1. The van der Waals surface area contributed by atoms with Crippen molar-refractivity contribution in [2.45, 2.75) is 32.6 Å². The number of fused-ring (bicyclic) bond motifs is 1. The molecule has 0 N–H and O–H groups in total. The van der Waals surface area contributed by atoms with Gasteiger partial charge in [-0.2, -0.15) is 0 Å². The number of aryl methyl sites for hydroxylation is 2. The Morgan fingerprint density at radius 3 is 2.25 bits per heavy atom. The molecule has 0 atom stereocenters. The largest absolute Gasteiger partial charge is 0.362 e. The van der Waals surface area contributed by atoms with Crippen LogP contribution in [-0.2, 0) is 16.0 Å². The number of carbonyl (C=O) groups excluding carboxylic acids is 2. The Morgan fingerprint density at radius 2 is 1.50 bits per heavy atom. The zero-order valence-corrected chi connectivity index (χ0v) is 17.0. The first-order chi connectivity index (χ1) is 13.6. The minimum atomic E-state index is 0.207. The van der Waals surface area contributed by atoms with Crippen LogP contribution in [0.25, 0.3) is 0 Å². The topological polar surface area (TPSA) is 47.1 Å². The smallest absolute Gasteiger partial charge is 0.242 e. The van der Waals surface area contributed by atoms with Gasteiger partial charge >= 0.3 is 0 Å². The molecule has 152 valence electrons. The van der Waals surface area contributed by atoms with Crippen LogP contribution >= 0.6 is 0 Å². The zero-order valence-electron chi connectivity index (χ0n) is 17.0. The number of piperazine rings is 1. The van der Waals surface area contributed by atoms with Crippen LogP contribution in [0.4, 0.5) is 5.69 Å². The summed E-state index contributed by atoms with van der Waals surface area (Å²) >= 11 is 0. The fraction of sp³-hybridized carbons (Fsp3) is 0.636. The maximum absolute atomic E-state index is 12.9. The molecule has 0 aliphatic carbocycles. The van der Waals surface area contributed by atoms with Crippen LogP contribution in [0.2, 0.25) is 0 Å². The van der Waals surface area contributed by atoms with Crippen molar-refractivity contribution in [3.8, 4) is 0 Å². The quantitative estimate of drug-likeness (QED) is 0.790. The summed E-state index contributed by atoms with van der Waals surface area (Å²) < 4.78 is 0. The van der Waals surface area contributed by atoms with Gasteiger partial charge in [0, 0.05) is 51.5 Å². The van der Waals surface area contributed by atoms with Crippen molar-refractivity contribution in [2.75, 3.05) is 63.8 Å². The number of carbonyl (C=O) groups is 2. The molecule has 2 saturated heterocycles. The highest BCUT2D eigenvalue weighted by Crippen LogP contribution is 2.27. The Hall–Kier alpha value is -2.08. The van der Waals surface area contributed by atoms with Gasteiger partial charge in [0.05, 0.1) is 13.1 Å². The summed E-state index contributed by atoms with van der Waals surface area (Å²) in [4.78, 5) is 33.6. The Kier molecular flexibility index (Phi) is 5.85. The SMILES string of the molecule is Cc1ccc2c(c1)CCCN2CC(=O)N1CCN(CC(=O)N2CCCC2)CC1. The molecular formula is C22H32N4O2. The van der Waals surface area contributed by atoms with Gasteiger partial charge in [-0.25, -0.2) is 0 Å². The normalized spacial score (nSPS) is 20.4. The van der Waals surface area contributed by atoms with Crippen LogP contribution in [0, 0.1) is 6.92 Å². The van der Waals surface area contributed by atoms with Gasteiger partial charge in [-0.1, -0.05) is 17.7 Å². The van der Waals surface area contributed by atoms with Gasteiger partial charge in [0.1, 0.15) is 0 Å². The molecule has 1 aromatic carbocycles. The Bertz CT molecular complexity index is 721. The second-order valence-corrected chi connectivity index (χ2v) is 8.40. The lowest BCUT2D eigenvalue weighted by molar-refractivity contribution is -0.133. The average molecular weight is 385 g/mol. The van der Waals surface area contributed by atoms with Crippen molar-refractivity contribution in [3.63, 3.8) is 0 Å². The maximum Gasteiger partial charge on any atom is 0.242 e. The van der Waals surface area contributed by atoms with E-state index in [0.717, 1.165) is 71.5 Å². The lowest BCUT2D eigenvalue weighted by atomic mass is 9.99. The fourth-order valence-electron chi connectivity index (χ4n) is 4.64. The molecule has 6 heteroatoms. The molecule has 2 fully saturated rings. The summed E-state index contributed by atoms with van der Waals surface area (Å²) in [6, 6.07) is 6.55.